The molecule has 7 heteroatoms. The summed E-state index contributed by atoms with van der Waals surface area (Å²) in [6.07, 6.45) is 5.24. The molecule has 0 radical (unpaired) electrons. The lowest BCUT2D eigenvalue weighted by atomic mass is 10.2. The number of carbonyl (C=O) groups excluding carboxylic acids is 3. The van der Waals surface area contributed by atoms with Gasteiger partial charge in [-0.3, -0.25) is 14.5 Å². The Balaban J connectivity index is 1.96. The molecule has 2 N–H and O–H groups in total. The first kappa shape index (κ1) is 15.3. The van der Waals surface area contributed by atoms with Crippen molar-refractivity contribution in [3.8, 4) is 12.3 Å². The first-order valence-corrected chi connectivity index (χ1v) is 7.20. The van der Waals surface area contributed by atoms with Crippen molar-refractivity contribution in [2.75, 3.05) is 11.9 Å². The third-order valence-electron chi connectivity index (χ3n) is 2.86. The van der Waals surface area contributed by atoms with Crippen LogP contribution in [0.1, 0.15) is 6.42 Å². The molecule has 0 saturated carbocycles. The van der Waals surface area contributed by atoms with Gasteiger partial charge in [0.1, 0.15) is 12.6 Å². The fourth-order valence-electron chi connectivity index (χ4n) is 1.86. The van der Waals surface area contributed by atoms with E-state index in [9.17, 15) is 14.4 Å². The number of urea groups is 1. The third kappa shape index (κ3) is 3.72. The molecule has 1 atom stereocenters. The first-order chi connectivity index (χ1) is 10.0. The number of carbonyl (C=O) groups is 3. The van der Waals surface area contributed by atoms with Gasteiger partial charge in [-0.2, -0.15) is 0 Å². The fourth-order valence-corrected chi connectivity index (χ4v) is 2.22. The molecule has 6 nitrogen and oxygen atoms in total. The number of terminal acetylenes is 1. The highest BCUT2D eigenvalue weighted by Crippen LogP contribution is 2.12. The molecule has 1 saturated heterocycles. The number of anilines is 1. The van der Waals surface area contributed by atoms with E-state index < -0.39 is 23.9 Å². The molecule has 21 heavy (non-hydrogen) atoms. The predicted octanol–water partition coefficient (Wildman–Crippen LogP) is 1.17. The highest BCUT2D eigenvalue weighted by atomic mass is 127. The van der Waals surface area contributed by atoms with Gasteiger partial charge in [-0.15, -0.1) is 12.3 Å². The van der Waals surface area contributed by atoms with Gasteiger partial charge >= 0.3 is 6.03 Å². The summed E-state index contributed by atoms with van der Waals surface area (Å²) >= 11 is 2.15. The lowest BCUT2D eigenvalue weighted by Crippen LogP contribution is -2.38. The molecule has 1 heterocycles. The largest absolute Gasteiger partial charge is 0.325 e. The summed E-state index contributed by atoms with van der Waals surface area (Å²) in [7, 11) is 0. The van der Waals surface area contributed by atoms with Crippen LogP contribution in [0.5, 0.6) is 0 Å². The number of rotatable bonds is 4. The molecule has 0 aromatic heterocycles. The Kier molecular flexibility index (Phi) is 4.80. The van der Waals surface area contributed by atoms with Crippen LogP contribution in [0.2, 0.25) is 0 Å². The molecule has 1 aromatic carbocycles. The van der Waals surface area contributed by atoms with Crippen LogP contribution in [0.15, 0.2) is 24.3 Å². The molecule has 4 amide bonds. The molecule has 0 spiro atoms. The van der Waals surface area contributed by atoms with Crippen molar-refractivity contribution in [2.24, 2.45) is 0 Å². The zero-order valence-electron chi connectivity index (χ0n) is 10.9. The number of imide groups is 1. The minimum atomic E-state index is -0.742. The van der Waals surface area contributed by atoms with Crippen LogP contribution in [0.3, 0.4) is 0 Å². The predicted molar refractivity (Wildman–Crippen MR) is 85.3 cm³/mol. The van der Waals surface area contributed by atoms with Crippen LogP contribution in [0.4, 0.5) is 10.5 Å². The maximum atomic E-state index is 11.9. The van der Waals surface area contributed by atoms with Gasteiger partial charge in [0, 0.05) is 15.7 Å². The second-order valence-corrected chi connectivity index (χ2v) is 5.64. The van der Waals surface area contributed by atoms with Crippen LogP contribution in [0, 0.1) is 15.9 Å². The van der Waals surface area contributed by atoms with Crippen molar-refractivity contribution in [3.63, 3.8) is 0 Å². The average Bonchev–Trinajstić information content (AvgIpc) is 2.70. The number of hydrogen-bond acceptors (Lipinski definition) is 3. The molecule has 0 aliphatic carbocycles. The molecular formula is C14H12IN3O3. The van der Waals surface area contributed by atoms with E-state index in [1.54, 1.807) is 12.1 Å². The fraction of sp³-hybridized carbons (Fsp3) is 0.214. The minimum absolute atomic E-state index is 0.111. The molecule has 0 unspecified atom stereocenters. The van der Waals surface area contributed by atoms with Crippen LogP contribution in [-0.2, 0) is 9.59 Å². The Morgan fingerprint density at radius 2 is 2.05 bits per heavy atom. The summed E-state index contributed by atoms with van der Waals surface area (Å²) in [5, 5.41) is 5.07. The number of nitrogens with zero attached hydrogens (tertiary/aromatic N) is 1. The maximum absolute atomic E-state index is 11.9. The van der Waals surface area contributed by atoms with Crippen LogP contribution < -0.4 is 10.6 Å². The second-order valence-electron chi connectivity index (χ2n) is 4.39. The van der Waals surface area contributed by atoms with E-state index in [4.69, 9.17) is 6.42 Å². The molecular weight excluding hydrogens is 385 g/mol. The van der Waals surface area contributed by atoms with E-state index in [1.807, 2.05) is 12.1 Å². The summed E-state index contributed by atoms with van der Waals surface area (Å²) in [5.41, 5.74) is 0.604. The summed E-state index contributed by atoms with van der Waals surface area (Å²) in [4.78, 5) is 36.3. The van der Waals surface area contributed by atoms with E-state index in [0.29, 0.717) is 5.69 Å². The number of halogens is 1. The zero-order chi connectivity index (χ0) is 15.4. The molecule has 0 bridgehead atoms. The topological polar surface area (TPSA) is 78.5 Å². The van der Waals surface area contributed by atoms with Gasteiger partial charge in [-0.25, -0.2) is 4.79 Å². The lowest BCUT2D eigenvalue weighted by molar-refractivity contribution is -0.130. The van der Waals surface area contributed by atoms with Gasteiger partial charge in [-0.05, 0) is 46.9 Å². The monoisotopic (exact) mass is 397 g/mol. The Labute approximate surface area is 135 Å². The number of hydrogen-bond donors (Lipinski definition) is 2. The molecule has 1 aromatic rings. The molecule has 2 rings (SSSR count). The number of benzene rings is 1. The van der Waals surface area contributed by atoms with E-state index in [-0.39, 0.29) is 13.0 Å². The van der Waals surface area contributed by atoms with Crippen molar-refractivity contribution in [1.29, 1.82) is 0 Å². The SMILES string of the molecule is C#CC[C@H]1NC(=O)N(CC(=O)Nc2ccc(I)cc2)C1=O. The van der Waals surface area contributed by atoms with E-state index in [0.717, 1.165) is 8.47 Å². The summed E-state index contributed by atoms with van der Waals surface area (Å²) in [6, 6.07) is 5.82. The molecule has 1 aliphatic heterocycles. The second kappa shape index (κ2) is 6.58. The maximum Gasteiger partial charge on any atom is 0.325 e. The van der Waals surface area contributed by atoms with Crippen molar-refractivity contribution in [2.45, 2.75) is 12.5 Å². The van der Waals surface area contributed by atoms with Crippen LogP contribution in [-0.4, -0.2) is 35.3 Å². The van der Waals surface area contributed by atoms with Gasteiger partial charge in [0.15, 0.2) is 0 Å². The highest BCUT2D eigenvalue weighted by molar-refractivity contribution is 14.1. The minimum Gasteiger partial charge on any atom is -0.325 e. The van der Waals surface area contributed by atoms with Crippen LogP contribution in [0.25, 0.3) is 0 Å². The van der Waals surface area contributed by atoms with Gasteiger partial charge in [-0.1, -0.05) is 0 Å². The normalized spacial score (nSPS) is 17.3. The van der Waals surface area contributed by atoms with Crippen molar-refractivity contribution >= 4 is 46.1 Å². The summed E-state index contributed by atoms with van der Waals surface area (Å²) in [5.74, 6) is 1.40. The first-order valence-electron chi connectivity index (χ1n) is 6.12. The Hall–Kier alpha value is -2.08. The van der Waals surface area contributed by atoms with Crippen LogP contribution >= 0.6 is 22.6 Å². The van der Waals surface area contributed by atoms with Crippen molar-refractivity contribution < 1.29 is 14.4 Å². The van der Waals surface area contributed by atoms with Crippen molar-refractivity contribution in [3.05, 3.63) is 27.8 Å². The van der Waals surface area contributed by atoms with Gasteiger partial charge < -0.3 is 10.6 Å². The summed E-state index contributed by atoms with van der Waals surface area (Å²) < 4.78 is 1.04. The Morgan fingerprint density at radius 3 is 2.67 bits per heavy atom. The van der Waals surface area contributed by atoms with Gasteiger partial charge in [0.2, 0.25) is 5.91 Å². The number of nitrogens with one attached hydrogen (secondary N) is 2. The summed E-state index contributed by atoms with van der Waals surface area (Å²) in [6.45, 7) is -0.336. The van der Waals surface area contributed by atoms with E-state index >= 15 is 0 Å². The zero-order valence-corrected chi connectivity index (χ0v) is 13.1. The lowest BCUT2D eigenvalue weighted by Gasteiger charge is -2.12. The Morgan fingerprint density at radius 1 is 1.38 bits per heavy atom. The average molecular weight is 397 g/mol. The van der Waals surface area contributed by atoms with Gasteiger partial charge in [0.05, 0.1) is 0 Å². The standard InChI is InChI=1S/C14H12IN3O3/c1-2-3-11-13(20)18(14(21)17-11)8-12(19)16-10-6-4-9(15)5-7-10/h1,4-7,11H,3,8H2,(H,16,19)(H,17,21)/t11-/m1/s1. The third-order valence-corrected chi connectivity index (χ3v) is 3.58. The molecule has 1 aliphatic rings. The van der Waals surface area contributed by atoms with Gasteiger partial charge in [0.25, 0.3) is 5.91 Å². The Bertz CT molecular complexity index is 621. The van der Waals surface area contributed by atoms with E-state index in [1.165, 1.54) is 0 Å². The van der Waals surface area contributed by atoms with E-state index in [2.05, 4.69) is 39.1 Å². The quantitative estimate of drug-likeness (QED) is 0.455. The molecule has 108 valence electrons. The smallest absolute Gasteiger partial charge is 0.325 e. The van der Waals surface area contributed by atoms with Crippen molar-refractivity contribution in [1.82, 2.24) is 10.2 Å². The number of amides is 4. The highest BCUT2D eigenvalue weighted by Gasteiger charge is 2.38. The molecule has 1 fully saturated rings.